The van der Waals surface area contributed by atoms with Crippen molar-refractivity contribution >= 4 is 11.6 Å². The number of halogens is 1. The standard InChI is InChI=1S/C38H57ClO6/c1-6-11-21-41-28-31-27-38(40,32-17-20-34(39)30(26-32)25-29-15-18-33(19-16-29)42-10-5)37(45-24-14-9-4)36(44-23-13-8-3)35(31)43-22-12-7-2/h15-20,26-27,35-37,40H,6-14,21-25,28H2,1-5H3/t35-,36+,37-,38-/m1/s1. The topological polar surface area (TPSA) is 66.4 Å². The molecule has 7 heteroatoms. The molecular formula is C38H57ClO6. The van der Waals surface area contributed by atoms with Gasteiger partial charge in [0, 0.05) is 31.5 Å². The van der Waals surface area contributed by atoms with Crippen molar-refractivity contribution in [2.24, 2.45) is 0 Å². The van der Waals surface area contributed by atoms with Gasteiger partial charge in [0.15, 0.2) is 0 Å². The molecule has 0 radical (unpaired) electrons. The van der Waals surface area contributed by atoms with E-state index in [0.29, 0.717) is 51.1 Å². The Balaban J connectivity index is 2.08. The van der Waals surface area contributed by atoms with Crippen LogP contribution in [0.4, 0.5) is 0 Å². The van der Waals surface area contributed by atoms with Crippen LogP contribution in [0.1, 0.15) is 103 Å². The molecule has 1 aliphatic rings. The molecule has 45 heavy (non-hydrogen) atoms. The molecule has 0 spiro atoms. The summed E-state index contributed by atoms with van der Waals surface area (Å²) in [7, 11) is 0. The van der Waals surface area contributed by atoms with Crippen LogP contribution < -0.4 is 4.74 Å². The van der Waals surface area contributed by atoms with Crippen molar-refractivity contribution in [3.63, 3.8) is 0 Å². The van der Waals surface area contributed by atoms with Crippen LogP contribution in [-0.2, 0) is 31.0 Å². The van der Waals surface area contributed by atoms with Crippen molar-refractivity contribution < 1.29 is 28.8 Å². The van der Waals surface area contributed by atoms with Crippen LogP contribution in [0, 0.1) is 0 Å². The Kier molecular flexibility index (Phi) is 17.0. The summed E-state index contributed by atoms with van der Waals surface area (Å²) in [6, 6.07) is 13.9. The predicted molar refractivity (Wildman–Crippen MR) is 184 cm³/mol. The molecule has 1 N–H and O–H groups in total. The Morgan fingerprint density at radius 2 is 1.38 bits per heavy atom. The van der Waals surface area contributed by atoms with Crippen molar-refractivity contribution in [3.8, 4) is 5.75 Å². The molecule has 0 fully saturated rings. The van der Waals surface area contributed by atoms with E-state index >= 15 is 0 Å². The molecule has 0 unspecified atom stereocenters. The molecule has 0 saturated carbocycles. The summed E-state index contributed by atoms with van der Waals surface area (Å²) < 4.78 is 31.5. The van der Waals surface area contributed by atoms with Crippen LogP contribution in [0.15, 0.2) is 54.1 Å². The molecule has 1 aliphatic carbocycles. The van der Waals surface area contributed by atoms with Crippen LogP contribution in [-0.4, -0.2) is 63.1 Å². The number of rotatable bonds is 22. The summed E-state index contributed by atoms with van der Waals surface area (Å²) in [5.41, 5.74) is 2.17. The first kappa shape index (κ1) is 37.5. The van der Waals surface area contributed by atoms with Crippen LogP contribution in [0.2, 0.25) is 5.02 Å². The van der Waals surface area contributed by atoms with Crippen molar-refractivity contribution in [1.29, 1.82) is 0 Å². The lowest BCUT2D eigenvalue weighted by molar-refractivity contribution is -0.195. The fourth-order valence-corrected chi connectivity index (χ4v) is 5.78. The van der Waals surface area contributed by atoms with E-state index in [-0.39, 0.29) is 6.10 Å². The van der Waals surface area contributed by atoms with Gasteiger partial charge in [-0.15, -0.1) is 0 Å². The number of unbranched alkanes of at least 4 members (excludes halogenated alkanes) is 4. The van der Waals surface area contributed by atoms with E-state index in [1.165, 1.54) is 0 Å². The Hall–Kier alpha value is -1.93. The molecule has 0 aliphatic heterocycles. The number of hydrogen-bond donors (Lipinski definition) is 1. The smallest absolute Gasteiger partial charge is 0.137 e. The van der Waals surface area contributed by atoms with Crippen molar-refractivity contribution in [3.05, 3.63) is 75.8 Å². The molecule has 0 heterocycles. The number of benzene rings is 2. The Labute approximate surface area is 277 Å². The number of ether oxygens (including phenoxy) is 5. The van der Waals surface area contributed by atoms with Gasteiger partial charge >= 0.3 is 0 Å². The third-order valence-electron chi connectivity index (χ3n) is 8.25. The second-order valence-corrected chi connectivity index (χ2v) is 12.4. The van der Waals surface area contributed by atoms with E-state index in [2.05, 4.69) is 39.8 Å². The summed E-state index contributed by atoms with van der Waals surface area (Å²) in [6.45, 7) is 13.9. The molecule has 0 bridgehead atoms. The molecule has 6 nitrogen and oxygen atoms in total. The highest BCUT2D eigenvalue weighted by molar-refractivity contribution is 6.31. The van der Waals surface area contributed by atoms with Crippen molar-refractivity contribution in [2.75, 3.05) is 39.6 Å². The number of hydrogen-bond acceptors (Lipinski definition) is 6. The van der Waals surface area contributed by atoms with Gasteiger partial charge in [-0.1, -0.05) is 89.2 Å². The Morgan fingerprint density at radius 3 is 2.02 bits per heavy atom. The molecular weight excluding hydrogens is 588 g/mol. The fourth-order valence-electron chi connectivity index (χ4n) is 5.60. The first-order chi connectivity index (χ1) is 21.9. The zero-order chi connectivity index (χ0) is 32.5. The monoisotopic (exact) mass is 644 g/mol. The van der Waals surface area contributed by atoms with Crippen molar-refractivity contribution in [2.45, 2.75) is 116 Å². The van der Waals surface area contributed by atoms with Gasteiger partial charge in [0.2, 0.25) is 0 Å². The first-order valence-corrected chi connectivity index (χ1v) is 17.7. The van der Waals surface area contributed by atoms with Gasteiger partial charge in [-0.25, -0.2) is 0 Å². The first-order valence-electron chi connectivity index (χ1n) is 17.3. The SMILES string of the molecule is CCCCOCC1=C[C@@](O)(c2ccc(Cl)c(Cc3ccc(OCC)cc3)c2)[C@H](OCCCC)[C@@H](OCCCC)[C@@H]1OCCCC. The second kappa shape index (κ2) is 20.3. The van der Waals surface area contributed by atoms with Crippen LogP contribution >= 0.6 is 11.6 Å². The molecule has 0 amide bonds. The largest absolute Gasteiger partial charge is 0.494 e. The van der Waals surface area contributed by atoms with E-state index in [1.54, 1.807) is 0 Å². The second-order valence-electron chi connectivity index (χ2n) is 12.0. The van der Waals surface area contributed by atoms with E-state index in [4.69, 9.17) is 35.3 Å². The third-order valence-corrected chi connectivity index (χ3v) is 8.62. The minimum absolute atomic E-state index is 0.362. The molecule has 252 valence electrons. The zero-order valence-corrected chi connectivity index (χ0v) is 29.1. The van der Waals surface area contributed by atoms with E-state index < -0.39 is 17.8 Å². The lowest BCUT2D eigenvalue weighted by Gasteiger charge is -2.46. The third kappa shape index (κ3) is 11.1. The summed E-state index contributed by atoms with van der Waals surface area (Å²) in [4.78, 5) is 0. The lowest BCUT2D eigenvalue weighted by Crippen LogP contribution is -2.58. The maximum Gasteiger partial charge on any atom is 0.137 e. The highest BCUT2D eigenvalue weighted by Crippen LogP contribution is 2.42. The molecule has 2 aromatic rings. The average Bonchev–Trinajstić information content (AvgIpc) is 3.04. The van der Waals surface area contributed by atoms with Gasteiger partial charge in [-0.05, 0) is 85.6 Å². The maximum absolute atomic E-state index is 12.8. The van der Waals surface area contributed by atoms with Gasteiger partial charge in [-0.3, -0.25) is 0 Å². The Bertz CT molecular complexity index is 1140. The molecule has 0 saturated heterocycles. The summed E-state index contributed by atoms with van der Waals surface area (Å²) in [5.74, 6) is 0.841. The number of aliphatic hydroxyl groups is 1. The van der Waals surface area contributed by atoms with Gasteiger partial charge in [-0.2, -0.15) is 0 Å². The summed E-state index contributed by atoms with van der Waals surface area (Å²) in [6.07, 6.45) is 8.79. The van der Waals surface area contributed by atoms with Crippen molar-refractivity contribution in [1.82, 2.24) is 0 Å². The van der Waals surface area contributed by atoms with Crippen LogP contribution in [0.25, 0.3) is 0 Å². The maximum atomic E-state index is 12.8. The molecule has 4 atom stereocenters. The predicted octanol–water partition coefficient (Wildman–Crippen LogP) is 8.83. The van der Waals surface area contributed by atoms with Gasteiger partial charge in [0.1, 0.15) is 29.7 Å². The van der Waals surface area contributed by atoms with Gasteiger partial charge in [0.25, 0.3) is 0 Å². The summed E-state index contributed by atoms with van der Waals surface area (Å²) >= 11 is 6.77. The average molecular weight is 645 g/mol. The quantitative estimate of drug-likeness (QED) is 0.102. The normalized spacial score (nSPS) is 21.6. The molecule has 2 aromatic carbocycles. The summed E-state index contributed by atoms with van der Waals surface area (Å²) in [5, 5.41) is 13.5. The Morgan fingerprint density at radius 1 is 0.756 bits per heavy atom. The van der Waals surface area contributed by atoms with Crippen LogP contribution in [0.5, 0.6) is 5.75 Å². The van der Waals surface area contributed by atoms with E-state index in [1.807, 2.05) is 43.3 Å². The van der Waals surface area contributed by atoms with Gasteiger partial charge in [0.05, 0.1) is 13.2 Å². The highest BCUT2D eigenvalue weighted by atomic mass is 35.5. The molecule has 0 aromatic heterocycles. The molecule has 3 rings (SSSR count). The highest BCUT2D eigenvalue weighted by Gasteiger charge is 2.51. The fraction of sp³-hybridized carbons (Fsp3) is 0.632. The minimum Gasteiger partial charge on any atom is -0.494 e. The lowest BCUT2D eigenvalue weighted by atomic mass is 9.75. The van der Waals surface area contributed by atoms with Gasteiger partial charge < -0.3 is 28.8 Å². The zero-order valence-electron chi connectivity index (χ0n) is 28.3. The van der Waals surface area contributed by atoms with E-state index in [0.717, 1.165) is 79.4 Å². The van der Waals surface area contributed by atoms with Crippen LogP contribution in [0.3, 0.4) is 0 Å². The minimum atomic E-state index is -1.48. The van der Waals surface area contributed by atoms with E-state index in [9.17, 15) is 5.11 Å².